The number of phenols is 2. The third-order valence-corrected chi connectivity index (χ3v) is 25.6. The highest BCUT2D eigenvalue weighted by molar-refractivity contribution is 7.80. The van der Waals surface area contributed by atoms with Crippen LogP contribution in [0.3, 0.4) is 0 Å². The van der Waals surface area contributed by atoms with Gasteiger partial charge in [-0.3, -0.25) is 50.4 Å². The fourth-order valence-corrected chi connectivity index (χ4v) is 22.4. The number of carboxylic acid groups (broad SMARTS) is 1. The van der Waals surface area contributed by atoms with Crippen molar-refractivity contribution in [3.8, 4) is 11.5 Å². The minimum Gasteiger partial charge on any atom is -0.504 e. The molecule has 0 radical (unpaired) electrons. The van der Waals surface area contributed by atoms with Gasteiger partial charge in [0, 0.05) is 0 Å². The van der Waals surface area contributed by atoms with Crippen LogP contribution in [0.25, 0.3) is 0 Å². The summed E-state index contributed by atoms with van der Waals surface area (Å²) >= 11 is 0. The summed E-state index contributed by atoms with van der Waals surface area (Å²) in [7, 11) is -71.4. The molecule has 0 aliphatic heterocycles. The van der Waals surface area contributed by atoms with Crippen molar-refractivity contribution < 1.29 is 153 Å². The molecule has 0 fully saturated rings. The number of aliphatic carboxylic acids is 1. The summed E-state index contributed by atoms with van der Waals surface area (Å²) in [4.78, 5) is 167. The van der Waals surface area contributed by atoms with Crippen LogP contribution in [0.15, 0.2) is 12.1 Å². The zero-order valence-corrected chi connectivity index (χ0v) is 34.3. The van der Waals surface area contributed by atoms with Gasteiger partial charge in [0.25, 0.3) is 0 Å². The fourth-order valence-electron chi connectivity index (χ4n) is 4.03. The van der Waals surface area contributed by atoms with E-state index in [0.29, 0.717) is 0 Å². The van der Waals surface area contributed by atoms with E-state index in [1.54, 1.807) is 0 Å². The van der Waals surface area contributed by atoms with Crippen molar-refractivity contribution in [1.29, 1.82) is 0 Å². The highest BCUT2D eigenvalue weighted by Crippen LogP contribution is 2.81. The molecular formula is C12H27NO32P10. The van der Waals surface area contributed by atoms with E-state index in [1.165, 1.54) is 0 Å². The summed E-state index contributed by atoms with van der Waals surface area (Å²) < 4.78 is 134. The number of hydrogen-bond donors (Lipinski definition) is 19. The molecule has 0 aliphatic carbocycles. The van der Waals surface area contributed by atoms with Crippen LogP contribution in [0.1, 0.15) is 6.42 Å². The van der Waals surface area contributed by atoms with Crippen molar-refractivity contribution in [3.05, 3.63) is 12.1 Å². The molecule has 0 amide bonds. The number of hydrogen-bond acceptors (Lipinski definition) is 16. The fraction of sp³-hybridized carbons (Fsp3) is 0.417. The molecule has 1 aromatic rings. The summed E-state index contributed by atoms with van der Waals surface area (Å²) in [6, 6.07) is -0.323. The van der Waals surface area contributed by atoms with Crippen molar-refractivity contribution in [2.24, 2.45) is 0 Å². The Morgan fingerprint density at radius 1 is 0.545 bits per heavy atom. The maximum Gasteiger partial charge on any atom is 0.369 e. The maximum absolute atomic E-state index is 13.6. The molecule has 7 atom stereocenters. The van der Waals surface area contributed by atoms with Gasteiger partial charge in [-0.2, -0.15) is 0 Å². The van der Waals surface area contributed by atoms with E-state index in [-0.39, 0.29) is 12.1 Å². The minimum atomic E-state index is -7.80. The predicted octanol–water partition coefficient (Wildman–Crippen LogP) is -2.86. The Kier molecular flexibility index (Phi) is 16.1. The second kappa shape index (κ2) is 16.7. The first-order valence-corrected chi connectivity index (χ1v) is 28.9. The van der Waals surface area contributed by atoms with Crippen LogP contribution in [0, 0.1) is 0 Å². The van der Waals surface area contributed by atoms with E-state index in [4.69, 9.17) is 5.11 Å². The first kappa shape index (κ1) is 52.8. The van der Waals surface area contributed by atoms with Gasteiger partial charge in [-0.05, 0) is 12.1 Å². The van der Waals surface area contributed by atoms with E-state index in [1.807, 2.05) is 0 Å². The van der Waals surface area contributed by atoms with Gasteiger partial charge in [0.05, 0.1) is 11.7 Å². The lowest BCUT2D eigenvalue weighted by molar-refractivity contribution is -0.136. The molecule has 1 aromatic carbocycles. The van der Waals surface area contributed by atoms with E-state index >= 15 is 0 Å². The van der Waals surface area contributed by atoms with E-state index in [2.05, 4.69) is 8.62 Å². The molecule has 19 N–H and O–H groups in total. The second-order valence-corrected chi connectivity index (χ2v) is 29.8. The smallest absolute Gasteiger partial charge is 0.369 e. The Balaban J connectivity index is 4.54. The molecule has 322 valence electrons. The monoisotopic (exact) mass is 1010 g/mol. The number of carbonyl (C=O) groups is 1. The maximum atomic E-state index is 13.6. The zero-order valence-electron chi connectivity index (χ0n) is 25.4. The number of carboxylic acids is 1. The number of aromatic hydroxyl groups is 2. The number of phenolic OH excluding ortho intramolecular Hbond substituents is 2. The molecule has 0 heterocycles. The molecular weight excluding hydrogens is 980 g/mol. The molecule has 0 saturated heterocycles. The SMILES string of the molecule is O=C(O)CC(P(=O)(O)O)P(=O)(O)OP(=O)(O)C(N(C(P(=O)(O)O)P(=O)(O)O)C(P(=O)(O)O)P(=O)(O)OP(=O)(O)c1cc(P(=O)(O)O)cc(O)c1O)P(=O)(O)O. The minimum absolute atomic E-state index is 0.0141. The van der Waals surface area contributed by atoms with E-state index < -0.39 is 137 Å². The predicted molar refractivity (Wildman–Crippen MR) is 172 cm³/mol. The summed E-state index contributed by atoms with van der Waals surface area (Å²) in [6.45, 7) is 0. The largest absolute Gasteiger partial charge is 0.504 e. The van der Waals surface area contributed by atoms with Gasteiger partial charge in [0.2, 0.25) is 16.6 Å². The van der Waals surface area contributed by atoms with Gasteiger partial charge in [-0.15, -0.1) is 0 Å². The third-order valence-electron chi connectivity index (χ3n) is 5.87. The van der Waals surface area contributed by atoms with Gasteiger partial charge in [-0.25, -0.2) is 13.5 Å². The zero-order chi connectivity index (χ0) is 44.3. The quantitative estimate of drug-likeness (QED) is 0.0490. The van der Waals surface area contributed by atoms with Crippen molar-refractivity contribution in [2.75, 3.05) is 0 Å². The lowest BCUT2D eigenvalue weighted by Gasteiger charge is -2.43. The Bertz CT molecular complexity index is 2140. The van der Waals surface area contributed by atoms with Crippen molar-refractivity contribution in [2.45, 2.75) is 28.4 Å². The van der Waals surface area contributed by atoms with Gasteiger partial charge < -0.3 is 93.6 Å². The van der Waals surface area contributed by atoms with Gasteiger partial charge in [-0.1, -0.05) is 0 Å². The van der Waals surface area contributed by atoms with Crippen LogP contribution in [-0.2, 0) is 59.1 Å². The van der Waals surface area contributed by atoms with Gasteiger partial charge in [0.15, 0.2) is 16.9 Å². The molecule has 7 unspecified atom stereocenters. The molecule has 0 bridgehead atoms. The molecule has 0 aliphatic rings. The number of nitrogens with zero attached hydrogens (tertiary/aromatic N) is 1. The average Bonchev–Trinajstić information content (AvgIpc) is 2.81. The van der Waals surface area contributed by atoms with Gasteiger partial charge in [0.1, 0.15) is 5.30 Å². The Morgan fingerprint density at radius 2 is 0.909 bits per heavy atom. The normalized spacial score (nSPS) is 20.1. The molecule has 0 spiro atoms. The second-order valence-electron chi connectivity index (χ2n) is 10.3. The first-order valence-electron chi connectivity index (χ1n) is 12.3. The topological polar surface area (TPSA) is 594 Å². The molecule has 0 saturated carbocycles. The molecule has 33 nitrogen and oxygen atoms in total. The summed E-state index contributed by atoms with van der Waals surface area (Å²) in [5.74, 6) is -6.27. The third kappa shape index (κ3) is 13.4. The summed E-state index contributed by atoms with van der Waals surface area (Å²) in [6.07, 6.45) is -2.27. The number of benzene rings is 1. The Hall–Kier alpha value is -0.170. The Morgan fingerprint density at radius 3 is 1.22 bits per heavy atom. The lowest BCUT2D eigenvalue weighted by Crippen LogP contribution is -2.49. The molecule has 1 rings (SSSR count). The summed E-state index contributed by atoms with van der Waals surface area (Å²) in [5, 5.41) is 21.2. The van der Waals surface area contributed by atoms with E-state index in [0.717, 1.165) is 0 Å². The van der Waals surface area contributed by atoms with E-state index in [9.17, 15) is 139 Å². The molecule has 43 heteroatoms. The number of rotatable bonds is 19. The highest BCUT2D eigenvalue weighted by atomic mass is 31.3. The van der Waals surface area contributed by atoms with Gasteiger partial charge >= 0.3 is 81.9 Å². The lowest BCUT2D eigenvalue weighted by atomic mass is 10.3. The standard InChI is InChI=1S/C12H27NO32P10/c14-5-1-4(46(18,19)20)2-6(9(5)17)52(36,37)44-54(40,41)11(50(30,31)32)13(10(48(24,25)26)49(27,28)29)12(51(33,34)35)55(42,43)45-53(38,39)8(3-7(15)16)47(21,22)23/h1-2,8,10-12,14,17H,3H2,(H,15,16)(H,36,37)(H,38,39)(H,40,41)(H,42,43)(H2,18,19,20)(H2,21,22,23)(H2,24,25,26)(H2,27,28,29)(H2,30,31,32)(H2,33,34,35). The summed E-state index contributed by atoms with van der Waals surface area (Å²) in [5.41, 5.74) is -15.1. The van der Waals surface area contributed by atoms with Crippen LogP contribution in [0.5, 0.6) is 11.5 Å². The highest BCUT2D eigenvalue weighted by Gasteiger charge is 2.69. The van der Waals surface area contributed by atoms with Crippen LogP contribution in [-0.4, -0.2) is 126 Å². The van der Waals surface area contributed by atoms with Crippen LogP contribution >= 0.6 is 76.0 Å². The molecule has 0 aromatic heterocycles. The van der Waals surface area contributed by atoms with Crippen molar-refractivity contribution in [3.63, 3.8) is 0 Å². The van der Waals surface area contributed by atoms with Crippen molar-refractivity contribution >= 4 is 92.5 Å². The van der Waals surface area contributed by atoms with Crippen LogP contribution in [0.4, 0.5) is 0 Å². The van der Waals surface area contributed by atoms with Crippen LogP contribution < -0.4 is 10.6 Å². The van der Waals surface area contributed by atoms with Crippen molar-refractivity contribution in [1.82, 2.24) is 4.90 Å². The first-order chi connectivity index (χ1) is 23.7. The average molecular weight is 1010 g/mol. The van der Waals surface area contributed by atoms with Crippen LogP contribution in [0.2, 0.25) is 0 Å². The Labute approximate surface area is 301 Å². The molecule has 55 heavy (non-hydrogen) atoms.